The van der Waals surface area contributed by atoms with Gasteiger partial charge in [0.2, 0.25) is 0 Å². The molecule has 0 bridgehead atoms. The lowest BCUT2D eigenvalue weighted by molar-refractivity contribution is -0.390. The molecule has 2 fully saturated rings. The Morgan fingerprint density at radius 3 is 0.922 bits per heavy atom. The predicted molar refractivity (Wildman–Crippen MR) is 244 cm³/mol. The van der Waals surface area contributed by atoms with E-state index in [0.717, 1.165) is 33.4 Å². The molecule has 2 heterocycles. The molecule has 0 amide bonds. The maximum atomic E-state index is 7.16. The molecule has 2 aliphatic heterocycles. The highest BCUT2D eigenvalue weighted by molar-refractivity contribution is 5.18. The topological polar surface area (TPSA) is 83.1 Å². The monoisotopic (exact) mass is 864 g/mol. The van der Waals surface area contributed by atoms with Crippen LogP contribution < -0.4 is 0 Å². The Kier molecular flexibility index (Phi) is 16.9. The second-order valence-corrected chi connectivity index (χ2v) is 16.4. The van der Waals surface area contributed by atoms with Crippen LogP contribution in [-0.2, 0) is 82.3 Å². The van der Waals surface area contributed by atoms with Gasteiger partial charge in [0.1, 0.15) is 36.6 Å². The largest absolute Gasteiger partial charge is 0.368 e. The molecule has 10 atom stereocenters. The van der Waals surface area contributed by atoms with Gasteiger partial charge in [0, 0.05) is 0 Å². The van der Waals surface area contributed by atoms with Crippen molar-refractivity contribution in [3.8, 4) is 0 Å². The summed E-state index contributed by atoms with van der Waals surface area (Å²) in [6, 6.07) is 60.7. The van der Waals surface area contributed by atoms with Crippen molar-refractivity contribution in [2.75, 3.05) is 0 Å². The molecule has 0 aromatic heterocycles. The second kappa shape index (κ2) is 23.8. The van der Waals surface area contributed by atoms with E-state index in [1.54, 1.807) is 0 Å². The summed E-state index contributed by atoms with van der Waals surface area (Å²) in [5.41, 5.74) is 6.15. The van der Waals surface area contributed by atoms with E-state index in [0.29, 0.717) is 32.8 Å². The number of benzene rings is 6. The zero-order valence-corrected chi connectivity index (χ0v) is 36.7. The first kappa shape index (κ1) is 45.5. The van der Waals surface area contributed by atoms with Crippen molar-refractivity contribution in [3.05, 3.63) is 215 Å². The number of ether oxygens (including phenoxy) is 9. The maximum Gasteiger partial charge on any atom is 0.190 e. The van der Waals surface area contributed by atoms with Crippen LogP contribution in [0.4, 0.5) is 0 Å². The highest BCUT2D eigenvalue weighted by Gasteiger charge is 2.53. The average molecular weight is 865 g/mol. The lowest BCUT2D eigenvalue weighted by Gasteiger charge is -2.49. The molecule has 4 unspecified atom stereocenters. The molecule has 0 radical (unpaired) electrons. The first-order valence-corrected chi connectivity index (χ1v) is 22.5. The van der Waals surface area contributed by atoms with Gasteiger partial charge in [-0.3, -0.25) is 0 Å². The fraction of sp³-hybridized carbons (Fsp3) is 0.345. The minimum absolute atomic E-state index is 0.287. The summed E-state index contributed by atoms with van der Waals surface area (Å²) in [5.74, 6) is 0. The van der Waals surface area contributed by atoms with Crippen LogP contribution in [0.25, 0.3) is 0 Å². The maximum absolute atomic E-state index is 7.16. The van der Waals surface area contributed by atoms with Crippen molar-refractivity contribution in [1.82, 2.24) is 0 Å². The van der Waals surface area contributed by atoms with E-state index in [1.165, 1.54) is 0 Å². The van der Waals surface area contributed by atoms with Gasteiger partial charge < -0.3 is 42.6 Å². The zero-order valence-electron chi connectivity index (χ0n) is 36.7. The van der Waals surface area contributed by atoms with Gasteiger partial charge in [-0.05, 0) is 46.7 Å². The third kappa shape index (κ3) is 12.6. The SMILES string of the molecule is CCC1O[C@@H](O[C@@H]2OC(C)[C@H](OCc3ccccc3)[C@H](OCc3ccccc3)C2OCc2ccccc2)C(OCc2ccccc2)[C@@H](OCc2ccccc2)[C@H]1OCc1ccccc1. The summed E-state index contributed by atoms with van der Waals surface area (Å²) in [5, 5.41) is 0. The Morgan fingerprint density at radius 2 is 0.594 bits per heavy atom. The van der Waals surface area contributed by atoms with Gasteiger partial charge in [-0.1, -0.05) is 189 Å². The molecular weight excluding hydrogens is 805 g/mol. The molecule has 0 aliphatic carbocycles. The van der Waals surface area contributed by atoms with Gasteiger partial charge in [-0.2, -0.15) is 0 Å². The van der Waals surface area contributed by atoms with Gasteiger partial charge in [-0.15, -0.1) is 0 Å². The van der Waals surface area contributed by atoms with E-state index >= 15 is 0 Å². The van der Waals surface area contributed by atoms with Gasteiger partial charge in [0.25, 0.3) is 0 Å². The molecule has 9 heteroatoms. The highest BCUT2D eigenvalue weighted by atomic mass is 16.8. The summed E-state index contributed by atoms with van der Waals surface area (Å²) < 4.78 is 62.3. The van der Waals surface area contributed by atoms with Crippen molar-refractivity contribution in [3.63, 3.8) is 0 Å². The lowest BCUT2D eigenvalue weighted by Crippen LogP contribution is -2.64. The normalized spacial score (nSPS) is 25.8. The van der Waals surface area contributed by atoms with Crippen LogP contribution in [0.5, 0.6) is 0 Å². The summed E-state index contributed by atoms with van der Waals surface area (Å²) in [7, 11) is 0. The van der Waals surface area contributed by atoms with Crippen LogP contribution >= 0.6 is 0 Å². The van der Waals surface area contributed by atoms with E-state index in [1.807, 2.05) is 140 Å². The van der Waals surface area contributed by atoms with Crippen molar-refractivity contribution in [2.24, 2.45) is 0 Å². The zero-order chi connectivity index (χ0) is 43.8. The molecule has 2 saturated heterocycles. The fourth-order valence-electron chi connectivity index (χ4n) is 8.29. The minimum Gasteiger partial charge on any atom is -0.368 e. The predicted octanol–water partition coefficient (Wildman–Crippen LogP) is 10.4. The Morgan fingerprint density at radius 1 is 0.328 bits per heavy atom. The van der Waals surface area contributed by atoms with E-state index in [-0.39, 0.29) is 13.2 Å². The standard InChI is InChI=1S/C55H60O9/c1-3-47-49(57-35-42-24-12-5-13-25-42)51(59-37-44-28-16-7-17-29-44)53(61-39-46-32-20-9-21-33-46)55(63-47)64-54-52(60-38-45-30-18-8-19-31-45)50(58-36-43-26-14-6-15-27-43)48(40(2)62-54)56-34-41-22-10-4-11-23-41/h4-33,40,47-55H,3,34-39H2,1-2H3/t40?,47?,48-,49-,50-,51-,52?,53?,54-,55-/m0/s1. The summed E-state index contributed by atoms with van der Waals surface area (Å²) >= 11 is 0. The lowest BCUT2D eigenvalue weighted by atomic mass is 9.95. The second-order valence-electron chi connectivity index (χ2n) is 16.4. The van der Waals surface area contributed by atoms with Crippen molar-refractivity contribution >= 4 is 0 Å². The molecule has 0 saturated carbocycles. The summed E-state index contributed by atoms with van der Waals surface area (Å²) in [4.78, 5) is 0. The Balaban J connectivity index is 1.13. The van der Waals surface area contributed by atoms with Gasteiger partial charge in [0.05, 0.1) is 51.8 Å². The summed E-state index contributed by atoms with van der Waals surface area (Å²) in [6.07, 6.45) is -5.89. The summed E-state index contributed by atoms with van der Waals surface area (Å²) in [6.45, 7) is 6.07. The van der Waals surface area contributed by atoms with Crippen molar-refractivity contribution < 1.29 is 42.6 Å². The smallest absolute Gasteiger partial charge is 0.190 e. The van der Waals surface area contributed by atoms with Crippen LogP contribution in [0.15, 0.2) is 182 Å². The van der Waals surface area contributed by atoms with Crippen LogP contribution in [0, 0.1) is 0 Å². The molecule has 64 heavy (non-hydrogen) atoms. The van der Waals surface area contributed by atoms with E-state index in [4.69, 9.17) is 42.6 Å². The third-order valence-corrected chi connectivity index (χ3v) is 11.7. The molecule has 0 N–H and O–H groups in total. The number of hydrogen-bond acceptors (Lipinski definition) is 9. The molecule has 2 aliphatic rings. The van der Waals surface area contributed by atoms with Crippen LogP contribution in [0.3, 0.4) is 0 Å². The average Bonchev–Trinajstić information content (AvgIpc) is 3.35. The fourth-order valence-corrected chi connectivity index (χ4v) is 8.29. The number of hydrogen-bond donors (Lipinski definition) is 0. The Hall–Kier alpha value is -5.04. The molecule has 6 aromatic rings. The molecule has 0 spiro atoms. The van der Waals surface area contributed by atoms with Crippen LogP contribution in [-0.4, -0.2) is 61.4 Å². The molecular formula is C55H60O9. The van der Waals surface area contributed by atoms with Gasteiger partial charge in [0.15, 0.2) is 12.6 Å². The first-order valence-electron chi connectivity index (χ1n) is 22.5. The van der Waals surface area contributed by atoms with Crippen molar-refractivity contribution in [1.29, 1.82) is 0 Å². The third-order valence-electron chi connectivity index (χ3n) is 11.7. The number of rotatable bonds is 21. The van der Waals surface area contributed by atoms with Crippen LogP contribution in [0.2, 0.25) is 0 Å². The van der Waals surface area contributed by atoms with Crippen molar-refractivity contribution in [2.45, 2.75) is 121 Å². The Bertz CT molecular complexity index is 2180. The minimum atomic E-state index is -0.960. The van der Waals surface area contributed by atoms with Gasteiger partial charge in [-0.25, -0.2) is 0 Å². The first-order chi connectivity index (χ1) is 31.6. The Labute approximate surface area is 378 Å². The van der Waals surface area contributed by atoms with Gasteiger partial charge >= 0.3 is 0 Å². The quantitative estimate of drug-likeness (QED) is 0.0702. The highest BCUT2D eigenvalue weighted by Crippen LogP contribution is 2.37. The molecule has 8 rings (SSSR count). The molecule has 9 nitrogen and oxygen atoms in total. The van der Waals surface area contributed by atoms with Crippen LogP contribution in [0.1, 0.15) is 53.6 Å². The molecule has 334 valence electrons. The molecule has 6 aromatic carbocycles. The van der Waals surface area contributed by atoms with E-state index < -0.39 is 61.4 Å². The van der Waals surface area contributed by atoms with E-state index in [2.05, 4.69) is 55.5 Å². The van der Waals surface area contributed by atoms with E-state index in [9.17, 15) is 0 Å².